The highest BCUT2D eigenvalue weighted by atomic mass is 19.1. The van der Waals surface area contributed by atoms with Gasteiger partial charge in [0.05, 0.1) is 18.5 Å². The summed E-state index contributed by atoms with van der Waals surface area (Å²) >= 11 is 0. The summed E-state index contributed by atoms with van der Waals surface area (Å²) in [6, 6.07) is 3.26. The highest BCUT2D eigenvalue weighted by Crippen LogP contribution is 2.29. The maximum absolute atomic E-state index is 13.4. The highest BCUT2D eigenvalue weighted by Gasteiger charge is 2.11. The number of halogens is 1. The van der Waals surface area contributed by atoms with Crippen LogP contribution in [0.3, 0.4) is 0 Å². The van der Waals surface area contributed by atoms with E-state index in [1.807, 2.05) is 0 Å². The molecule has 0 aliphatic carbocycles. The fraction of sp³-hybridized carbons (Fsp3) is 0.538. The minimum atomic E-state index is -0.431. The van der Waals surface area contributed by atoms with E-state index < -0.39 is 5.82 Å². The van der Waals surface area contributed by atoms with Gasteiger partial charge in [-0.3, -0.25) is 0 Å². The molecule has 0 fully saturated rings. The van der Waals surface area contributed by atoms with Gasteiger partial charge in [0.15, 0.2) is 11.6 Å². The van der Waals surface area contributed by atoms with Crippen molar-refractivity contribution in [1.29, 1.82) is 0 Å². The fourth-order valence-electron chi connectivity index (χ4n) is 1.80. The van der Waals surface area contributed by atoms with E-state index >= 15 is 0 Å². The third kappa shape index (κ3) is 3.51. The molecule has 1 aromatic rings. The van der Waals surface area contributed by atoms with Gasteiger partial charge in [0.1, 0.15) is 0 Å². The number of rotatable bonds is 6. The molecule has 1 atom stereocenters. The summed E-state index contributed by atoms with van der Waals surface area (Å²) < 4.78 is 18.3. The summed E-state index contributed by atoms with van der Waals surface area (Å²) in [5, 5.41) is 3.33. The zero-order valence-corrected chi connectivity index (χ0v) is 10.7. The van der Waals surface area contributed by atoms with Gasteiger partial charge < -0.3 is 15.8 Å². The zero-order valence-electron chi connectivity index (χ0n) is 10.7. The third-order valence-electron chi connectivity index (χ3n) is 2.81. The average Bonchev–Trinajstić information content (AvgIpc) is 2.31. The first-order valence-corrected chi connectivity index (χ1v) is 6.01. The number of nitrogens with one attached hydrogen (secondary N) is 1. The van der Waals surface area contributed by atoms with Crippen molar-refractivity contribution in [2.75, 3.05) is 18.2 Å². The number of ether oxygens (including phenoxy) is 1. The van der Waals surface area contributed by atoms with Crippen LogP contribution in [0.25, 0.3) is 0 Å². The van der Waals surface area contributed by atoms with Gasteiger partial charge in [0, 0.05) is 18.2 Å². The van der Waals surface area contributed by atoms with Crippen molar-refractivity contribution < 1.29 is 9.13 Å². The van der Waals surface area contributed by atoms with E-state index in [9.17, 15) is 4.39 Å². The van der Waals surface area contributed by atoms with Crippen molar-refractivity contribution in [2.24, 2.45) is 0 Å². The molecule has 4 heteroatoms. The number of anilines is 2. The summed E-state index contributed by atoms with van der Waals surface area (Å²) in [4.78, 5) is 0. The van der Waals surface area contributed by atoms with E-state index in [-0.39, 0.29) is 5.75 Å². The molecule has 0 aromatic heterocycles. The summed E-state index contributed by atoms with van der Waals surface area (Å²) in [6.07, 6.45) is 3.17. The molecule has 0 aliphatic heterocycles. The molecule has 0 amide bonds. The zero-order chi connectivity index (χ0) is 12.8. The van der Waals surface area contributed by atoms with E-state index in [2.05, 4.69) is 19.2 Å². The Bertz CT molecular complexity index is 369. The molecular weight excluding hydrogens is 219 g/mol. The predicted molar refractivity (Wildman–Crippen MR) is 70.0 cm³/mol. The lowest BCUT2D eigenvalue weighted by atomic mass is 10.1. The van der Waals surface area contributed by atoms with Crippen molar-refractivity contribution in [3.05, 3.63) is 17.9 Å². The van der Waals surface area contributed by atoms with E-state index in [4.69, 9.17) is 10.5 Å². The Morgan fingerprint density at radius 2 is 2.12 bits per heavy atom. The smallest absolute Gasteiger partial charge is 0.167 e. The number of methoxy groups -OCH3 is 1. The molecule has 96 valence electrons. The van der Waals surface area contributed by atoms with Crippen molar-refractivity contribution in [2.45, 2.75) is 39.2 Å². The van der Waals surface area contributed by atoms with Gasteiger partial charge in [-0.2, -0.15) is 0 Å². The molecule has 1 aromatic carbocycles. The van der Waals surface area contributed by atoms with Gasteiger partial charge in [-0.1, -0.05) is 20.3 Å². The van der Waals surface area contributed by atoms with Crippen LogP contribution >= 0.6 is 0 Å². The Balaban J connectivity index is 2.89. The lowest BCUT2D eigenvalue weighted by Gasteiger charge is -2.19. The number of hydrogen-bond donors (Lipinski definition) is 2. The first kappa shape index (κ1) is 13.6. The Morgan fingerprint density at radius 3 is 2.65 bits per heavy atom. The molecule has 0 saturated carbocycles. The second-order valence-corrected chi connectivity index (χ2v) is 4.11. The SMILES string of the molecule is CCCC(CC)Nc1cc(OC)c(F)cc1N. The maximum atomic E-state index is 13.4. The lowest BCUT2D eigenvalue weighted by molar-refractivity contribution is 0.387. The predicted octanol–water partition coefficient (Wildman–Crippen LogP) is 3.41. The van der Waals surface area contributed by atoms with Crippen LogP contribution in [0, 0.1) is 5.82 Å². The summed E-state index contributed by atoms with van der Waals surface area (Å²) in [5.74, 6) is -0.216. The van der Waals surface area contributed by atoms with Crippen molar-refractivity contribution >= 4 is 11.4 Å². The fourth-order valence-corrected chi connectivity index (χ4v) is 1.80. The first-order valence-electron chi connectivity index (χ1n) is 6.01. The first-order chi connectivity index (χ1) is 8.12. The number of nitrogens with two attached hydrogens (primary N) is 1. The largest absolute Gasteiger partial charge is 0.494 e. The van der Waals surface area contributed by atoms with E-state index in [0.29, 0.717) is 11.7 Å². The summed E-state index contributed by atoms with van der Waals surface area (Å²) in [5.41, 5.74) is 6.94. The Labute approximate surface area is 102 Å². The monoisotopic (exact) mass is 240 g/mol. The minimum absolute atomic E-state index is 0.216. The molecule has 0 aliphatic rings. The molecule has 1 rings (SSSR count). The normalized spacial score (nSPS) is 12.2. The van der Waals surface area contributed by atoms with Gasteiger partial charge in [0.25, 0.3) is 0 Å². The number of nitrogen functional groups attached to an aromatic ring is 1. The maximum Gasteiger partial charge on any atom is 0.167 e. The molecule has 0 bridgehead atoms. The van der Waals surface area contributed by atoms with Crippen LogP contribution in [0.4, 0.5) is 15.8 Å². The van der Waals surface area contributed by atoms with Crippen LogP contribution in [0.2, 0.25) is 0 Å². The molecule has 1 unspecified atom stereocenters. The molecule has 17 heavy (non-hydrogen) atoms. The third-order valence-corrected chi connectivity index (χ3v) is 2.81. The quantitative estimate of drug-likeness (QED) is 0.749. The minimum Gasteiger partial charge on any atom is -0.494 e. The topological polar surface area (TPSA) is 47.3 Å². The van der Waals surface area contributed by atoms with E-state index in [1.165, 1.54) is 13.2 Å². The van der Waals surface area contributed by atoms with Gasteiger partial charge in [-0.05, 0) is 12.8 Å². The second kappa shape index (κ2) is 6.33. The number of hydrogen-bond acceptors (Lipinski definition) is 3. The number of benzene rings is 1. The van der Waals surface area contributed by atoms with Gasteiger partial charge >= 0.3 is 0 Å². The van der Waals surface area contributed by atoms with Gasteiger partial charge in [0.2, 0.25) is 0 Å². The van der Waals surface area contributed by atoms with Crippen molar-refractivity contribution in [1.82, 2.24) is 0 Å². The summed E-state index contributed by atoms with van der Waals surface area (Å²) in [6.45, 7) is 4.25. The Kier molecular flexibility index (Phi) is 5.07. The summed E-state index contributed by atoms with van der Waals surface area (Å²) in [7, 11) is 1.45. The Hall–Kier alpha value is -1.45. The molecule has 3 nitrogen and oxygen atoms in total. The Morgan fingerprint density at radius 1 is 1.41 bits per heavy atom. The van der Waals surface area contributed by atoms with Crippen LogP contribution in [0.1, 0.15) is 33.1 Å². The van der Waals surface area contributed by atoms with Crippen LogP contribution in [0.15, 0.2) is 12.1 Å². The molecule has 0 radical (unpaired) electrons. The van der Waals surface area contributed by atoms with E-state index in [0.717, 1.165) is 24.9 Å². The average molecular weight is 240 g/mol. The van der Waals surface area contributed by atoms with Crippen molar-refractivity contribution in [3.8, 4) is 5.75 Å². The van der Waals surface area contributed by atoms with Crippen LogP contribution in [0.5, 0.6) is 5.75 Å². The van der Waals surface area contributed by atoms with E-state index in [1.54, 1.807) is 6.07 Å². The molecule has 3 N–H and O–H groups in total. The van der Waals surface area contributed by atoms with Crippen LogP contribution < -0.4 is 15.8 Å². The molecule has 0 heterocycles. The van der Waals surface area contributed by atoms with Gasteiger partial charge in [-0.25, -0.2) is 4.39 Å². The van der Waals surface area contributed by atoms with Gasteiger partial charge in [-0.15, -0.1) is 0 Å². The van der Waals surface area contributed by atoms with Crippen LogP contribution in [-0.2, 0) is 0 Å². The molecule has 0 saturated heterocycles. The molecular formula is C13H21FN2O. The second-order valence-electron chi connectivity index (χ2n) is 4.11. The lowest BCUT2D eigenvalue weighted by Crippen LogP contribution is -2.19. The van der Waals surface area contributed by atoms with Crippen molar-refractivity contribution in [3.63, 3.8) is 0 Å². The molecule has 0 spiro atoms. The standard InChI is InChI=1S/C13H21FN2O/c1-4-6-9(5-2)16-12-8-13(17-3)10(14)7-11(12)15/h7-9,16H,4-6,15H2,1-3H3. The van der Waals surface area contributed by atoms with Crippen LogP contribution in [-0.4, -0.2) is 13.2 Å². The highest BCUT2D eigenvalue weighted by molar-refractivity contribution is 5.68.